The van der Waals surface area contributed by atoms with Crippen LogP contribution in [0.3, 0.4) is 0 Å². The molecule has 0 saturated carbocycles. The highest BCUT2D eigenvalue weighted by molar-refractivity contribution is 5.76. The van der Waals surface area contributed by atoms with Crippen LogP contribution in [-0.4, -0.2) is 47.4 Å². The number of allylic oxidation sites excluding steroid dienone is 6. The minimum absolute atomic E-state index is 0.0244. The van der Waals surface area contributed by atoms with Crippen molar-refractivity contribution in [3.8, 4) is 0 Å². The molecule has 0 heterocycles. The van der Waals surface area contributed by atoms with Crippen molar-refractivity contribution in [3.63, 3.8) is 0 Å². The van der Waals surface area contributed by atoms with Crippen LogP contribution >= 0.6 is 0 Å². The number of hydrogen-bond donors (Lipinski definition) is 3. The van der Waals surface area contributed by atoms with Gasteiger partial charge in [-0.25, -0.2) is 0 Å². The summed E-state index contributed by atoms with van der Waals surface area (Å²) in [6.07, 6.45) is 55.5. The lowest BCUT2D eigenvalue weighted by Crippen LogP contribution is -2.45. The Morgan fingerprint density at radius 1 is 0.491 bits per heavy atom. The largest absolute Gasteiger partial charge is 0.466 e. The third kappa shape index (κ3) is 43.5. The van der Waals surface area contributed by atoms with Gasteiger partial charge in [0.05, 0.1) is 25.4 Å². The van der Waals surface area contributed by atoms with Gasteiger partial charge in [-0.15, -0.1) is 0 Å². The van der Waals surface area contributed by atoms with Gasteiger partial charge in [0.15, 0.2) is 0 Å². The third-order valence-corrected chi connectivity index (χ3v) is 11.2. The van der Waals surface area contributed by atoms with Gasteiger partial charge in [0.1, 0.15) is 0 Å². The first-order valence-electron chi connectivity index (χ1n) is 24.8. The number of carbonyl (C=O) groups is 2. The van der Waals surface area contributed by atoms with Crippen molar-refractivity contribution in [1.82, 2.24) is 5.32 Å². The SMILES string of the molecule is CCCCC/C=C\CCCCCCCC(=O)OCCCCC/C=C\C=C/CCCCCCCCCCCCC(=O)NC(CO)C(O)CCCCCCCCCCC. The number of esters is 1. The lowest BCUT2D eigenvalue weighted by atomic mass is 10.0. The van der Waals surface area contributed by atoms with Gasteiger partial charge in [-0.1, -0.05) is 192 Å². The molecule has 0 rings (SSSR count). The Balaban J connectivity index is 3.48. The van der Waals surface area contributed by atoms with E-state index >= 15 is 0 Å². The quantitative estimate of drug-likeness (QED) is 0.0247. The molecule has 334 valence electrons. The van der Waals surface area contributed by atoms with E-state index in [9.17, 15) is 19.8 Å². The summed E-state index contributed by atoms with van der Waals surface area (Å²) in [5, 5.41) is 23.0. The summed E-state index contributed by atoms with van der Waals surface area (Å²) < 4.78 is 5.42. The normalized spacial score (nSPS) is 13.0. The maximum Gasteiger partial charge on any atom is 0.305 e. The molecule has 0 bridgehead atoms. The molecule has 3 N–H and O–H groups in total. The fraction of sp³-hybridized carbons (Fsp3) is 0.843. The first-order chi connectivity index (χ1) is 28.0. The summed E-state index contributed by atoms with van der Waals surface area (Å²) >= 11 is 0. The molecule has 1 amide bonds. The molecule has 0 fully saturated rings. The number of amides is 1. The van der Waals surface area contributed by atoms with Crippen LogP contribution in [0.2, 0.25) is 0 Å². The molecule has 0 aromatic carbocycles. The lowest BCUT2D eigenvalue weighted by molar-refractivity contribution is -0.143. The summed E-state index contributed by atoms with van der Waals surface area (Å²) in [5.74, 6) is -0.0731. The Hall–Kier alpha value is -1.92. The van der Waals surface area contributed by atoms with E-state index < -0.39 is 12.1 Å². The van der Waals surface area contributed by atoms with Crippen LogP contribution in [0.5, 0.6) is 0 Å². The molecule has 0 aromatic rings. The van der Waals surface area contributed by atoms with Crippen LogP contribution in [0.1, 0.15) is 251 Å². The second kappa shape index (κ2) is 46.8. The number of carbonyl (C=O) groups excluding carboxylic acids is 2. The molecule has 0 aliphatic carbocycles. The third-order valence-electron chi connectivity index (χ3n) is 11.2. The van der Waals surface area contributed by atoms with E-state index in [0.29, 0.717) is 25.9 Å². The Labute approximate surface area is 353 Å². The van der Waals surface area contributed by atoms with E-state index in [1.165, 1.54) is 148 Å². The highest BCUT2D eigenvalue weighted by Gasteiger charge is 2.20. The van der Waals surface area contributed by atoms with E-state index in [-0.39, 0.29) is 18.5 Å². The van der Waals surface area contributed by atoms with Crippen molar-refractivity contribution >= 4 is 11.9 Å². The van der Waals surface area contributed by atoms with E-state index in [0.717, 1.165) is 70.6 Å². The Morgan fingerprint density at radius 2 is 0.877 bits per heavy atom. The first kappa shape index (κ1) is 55.1. The van der Waals surface area contributed by atoms with E-state index in [2.05, 4.69) is 55.6 Å². The molecule has 0 saturated heterocycles. The number of nitrogens with one attached hydrogen (secondary N) is 1. The molecule has 0 aliphatic heterocycles. The summed E-state index contributed by atoms with van der Waals surface area (Å²) in [5.41, 5.74) is 0. The molecule has 0 spiro atoms. The zero-order valence-corrected chi connectivity index (χ0v) is 37.8. The first-order valence-corrected chi connectivity index (χ1v) is 24.8. The zero-order chi connectivity index (χ0) is 41.5. The topological polar surface area (TPSA) is 95.9 Å². The van der Waals surface area contributed by atoms with Crippen LogP contribution in [0, 0.1) is 0 Å². The van der Waals surface area contributed by atoms with Gasteiger partial charge in [0.2, 0.25) is 5.91 Å². The predicted octanol–water partition coefficient (Wildman–Crippen LogP) is 14.5. The van der Waals surface area contributed by atoms with Gasteiger partial charge in [-0.2, -0.15) is 0 Å². The number of rotatable bonds is 45. The van der Waals surface area contributed by atoms with Crippen molar-refractivity contribution in [2.75, 3.05) is 13.2 Å². The summed E-state index contributed by atoms with van der Waals surface area (Å²) in [4.78, 5) is 24.3. The van der Waals surface area contributed by atoms with Gasteiger partial charge in [0.25, 0.3) is 0 Å². The highest BCUT2D eigenvalue weighted by Crippen LogP contribution is 2.15. The second-order valence-electron chi connectivity index (χ2n) is 16.8. The summed E-state index contributed by atoms with van der Waals surface area (Å²) in [6.45, 7) is 4.85. The summed E-state index contributed by atoms with van der Waals surface area (Å²) in [6, 6.07) is -0.547. The van der Waals surface area contributed by atoms with Crippen LogP contribution in [0.25, 0.3) is 0 Å². The van der Waals surface area contributed by atoms with Gasteiger partial charge in [-0.05, 0) is 83.5 Å². The fourth-order valence-electron chi connectivity index (χ4n) is 7.33. The standard InChI is InChI=1S/C51H95NO5/c1-3-5-7-9-11-13-14-25-29-33-37-41-45-51(56)57-46-42-38-34-30-26-23-21-19-17-15-16-18-20-22-24-28-32-36-40-44-50(55)52-48(47-53)49(54)43-39-35-31-27-12-10-8-6-4-2/h11,13,19,21,23,26,48-49,53-54H,3-10,12,14-18,20,22,24-25,27-47H2,1-2H3,(H,52,55)/b13-11-,21-19-,26-23-. The van der Waals surface area contributed by atoms with Gasteiger partial charge in [0, 0.05) is 12.8 Å². The van der Waals surface area contributed by atoms with Gasteiger partial charge in [-0.3, -0.25) is 9.59 Å². The molecule has 57 heavy (non-hydrogen) atoms. The molecule has 6 heteroatoms. The Morgan fingerprint density at radius 3 is 1.39 bits per heavy atom. The van der Waals surface area contributed by atoms with Crippen LogP contribution in [0.4, 0.5) is 0 Å². The molecule has 6 nitrogen and oxygen atoms in total. The fourth-order valence-corrected chi connectivity index (χ4v) is 7.33. The van der Waals surface area contributed by atoms with Crippen LogP contribution in [0.15, 0.2) is 36.5 Å². The zero-order valence-electron chi connectivity index (χ0n) is 37.8. The molecule has 0 aromatic heterocycles. The Bertz CT molecular complexity index is 931. The second-order valence-corrected chi connectivity index (χ2v) is 16.8. The number of aliphatic hydroxyl groups is 2. The van der Waals surface area contributed by atoms with Crippen LogP contribution in [-0.2, 0) is 14.3 Å². The number of ether oxygens (including phenoxy) is 1. The molecule has 0 aliphatic rings. The molecule has 2 atom stereocenters. The Kier molecular flexibility index (Phi) is 45.2. The minimum atomic E-state index is -0.669. The lowest BCUT2D eigenvalue weighted by Gasteiger charge is -2.22. The smallest absolute Gasteiger partial charge is 0.305 e. The van der Waals surface area contributed by atoms with Gasteiger partial charge >= 0.3 is 5.97 Å². The van der Waals surface area contributed by atoms with E-state index in [4.69, 9.17) is 4.74 Å². The maximum atomic E-state index is 12.4. The number of hydrogen-bond acceptors (Lipinski definition) is 5. The maximum absolute atomic E-state index is 12.4. The predicted molar refractivity (Wildman–Crippen MR) is 246 cm³/mol. The monoisotopic (exact) mass is 802 g/mol. The van der Waals surface area contributed by atoms with Crippen molar-refractivity contribution in [2.24, 2.45) is 0 Å². The van der Waals surface area contributed by atoms with Crippen molar-refractivity contribution in [2.45, 2.75) is 264 Å². The average Bonchev–Trinajstić information content (AvgIpc) is 3.21. The highest BCUT2D eigenvalue weighted by atomic mass is 16.5. The van der Waals surface area contributed by atoms with Crippen LogP contribution < -0.4 is 5.32 Å². The molecular weight excluding hydrogens is 707 g/mol. The van der Waals surface area contributed by atoms with Crippen molar-refractivity contribution in [3.05, 3.63) is 36.5 Å². The molecule has 2 unspecified atom stereocenters. The van der Waals surface area contributed by atoms with Crippen molar-refractivity contribution in [1.29, 1.82) is 0 Å². The molecular formula is C51H95NO5. The van der Waals surface area contributed by atoms with Crippen molar-refractivity contribution < 1.29 is 24.5 Å². The number of aliphatic hydroxyl groups excluding tert-OH is 2. The van der Waals surface area contributed by atoms with E-state index in [1.807, 2.05) is 0 Å². The minimum Gasteiger partial charge on any atom is -0.466 e. The average molecular weight is 802 g/mol. The van der Waals surface area contributed by atoms with Gasteiger partial charge < -0.3 is 20.3 Å². The number of unbranched alkanes of at least 4 members (excludes halogenated alkanes) is 29. The van der Waals surface area contributed by atoms with E-state index in [1.54, 1.807) is 0 Å². The summed E-state index contributed by atoms with van der Waals surface area (Å²) in [7, 11) is 0. The molecule has 0 radical (unpaired) electrons.